The van der Waals surface area contributed by atoms with E-state index in [2.05, 4.69) is 41.5 Å². The Labute approximate surface area is 101 Å². The first kappa shape index (κ1) is 13.7. The van der Waals surface area contributed by atoms with E-state index in [1.54, 1.807) is 0 Å². The van der Waals surface area contributed by atoms with E-state index in [0.717, 1.165) is 25.7 Å². The Morgan fingerprint density at radius 2 is 1.50 bits per heavy atom. The summed E-state index contributed by atoms with van der Waals surface area (Å²) < 4.78 is 0. The number of hydrogen-bond acceptors (Lipinski definition) is 1. The molecule has 1 aliphatic rings. The average Bonchev–Trinajstić information content (AvgIpc) is 2.25. The third-order valence-electron chi connectivity index (χ3n) is 5.03. The summed E-state index contributed by atoms with van der Waals surface area (Å²) in [6.07, 6.45) is 4.17. The van der Waals surface area contributed by atoms with Crippen molar-refractivity contribution >= 4 is 5.78 Å². The van der Waals surface area contributed by atoms with Crippen LogP contribution in [0.5, 0.6) is 0 Å². The second-order valence-corrected chi connectivity index (χ2v) is 6.57. The summed E-state index contributed by atoms with van der Waals surface area (Å²) in [5.74, 6) is 1.93. The summed E-state index contributed by atoms with van der Waals surface area (Å²) in [6.45, 7) is 13.3. The van der Waals surface area contributed by atoms with Gasteiger partial charge in [0.05, 0.1) is 0 Å². The Kier molecular flexibility index (Phi) is 3.87. The molecule has 0 aliphatic heterocycles. The predicted octanol–water partition coefficient (Wildman–Crippen LogP) is 4.45. The van der Waals surface area contributed by atoms with E-state index < -0.39 is 0 Å². The van der Waals surface area contributed by atoms with E-state index in [0.29, 0.717) is 17.6 Å². The second kappa shape index (κ2) is 4.50. The molecule has 0 aromatic carbocycles. The van der Waals surface area contributed by atoms with Crippen LogP contribution in [0.25, 0.3) is 0 Å². The molecule has 16 heavy (non-hydrogen) atoms. The van der Waals surface area contributed by atoms with Gasteiger partial charge in [-0.05, 0) is 37.5 Å². The molecule has 0 spiro atoms. The number of ketones is 1. The summed E-state index contributed by atoms with van der Waals surface area (Å²) in [4.78, 5) is 12.6. The van der Waals surface area contributed by atoms with E-state index in [9.17, 15) is 4.79 Å². The van der Waals surface area contributed by atoms with Crippen molar-refractivity contribution in [1.29, 1.82) is 0 Å². The van der Waals surface area contributed by atoms with Gasteiger partial charge in [0.15, 0.2) is 0 Å². The smallest absolute Gasteiger partial charge is 0.144 e. The highest BCUT2D eigenvalue weighted by molar-refractivity contribution is 5.90. The van der Waals surface area contributed by atoms with Gasteiger partial charge in [0.25, 0.3) is 0 Å². The number of Topliss-reactive ketones (excluding diaryl/α,β-unsaturated/α-hetero) is 1. The van der Waals surface area contributed by atoms with E-state index in [1.165, 1.54) is 0 Å². The highest BCUT2D eigenvalue weighted by Gasteiger charge is 2.49. The van der Waals surface area contributed by atoms with Crippen molar-refractivity contribution in [2.75, 3.05) is 0 Å². The lowest BCUT2D eigenvalue weighted by atomic mass is 9.55. The van der Waals surface area contributed by atoms with Crippen molar-refractivity contribution in [3.8, 4) is 0 Å². The van der Waals surface area contributed by atoms with Crippen LogP contribution >= 0.6 is 0 Å². The summed E-state index contributed by atoms with van der Waals surface area (Å²) in [6, 6.07) is 0. The van der Waals surface area contributed by atoms with Gasteiger partial charge in [-0.25, -0.2) is 0 Å². The molecule has 0 saturated heterocycles. The third kappa shape index (κ3) is 2.19. The highest BCUT2D eigenvalue weighted by atomic mass is 16.1. The van der Waals surface area contributed by atoms with Gasteiger partial charge in [-0.3, -0.25) is 4.79 Å². The lowest BCUT2D eigenvalue weighted by Gasteiger charge is -2.47. The predicted molar refractivity (Wildman–Crippen MR) is 69.4 cm³/mol. The molecule has 1 saturated carbocycles. The van der Waals surface area contributed by atoms with Crippen molar-refractivity contribution in [1.82, 2.24) is 0 Å². The van der Waals surface area contributed by atoms with E-state index >= 15 is 0 Å². The number of carbonyl (C=O) groups is 1. The fraction of sp³-hybridized carbons (Fsp3) is 0.933. The first-order valence-corrected chi connectivity index (χ1v) is 6.84. The minimum atomic E-state index is -0.0715. The van der Waals surface area contributed by atoms with Crippen LogP contribution in [0.4, 0.5) is 0 Å². The van der Waals surface area contributed by atoms with Crippen LogP contribution in [0.2, 0.25) is 0 Å². The van der Waals surface area contributed by atoms with Crippen molar-refractivity contribution in [2.24, 2.45) is 22.7 Å². The standard InChI is InChI=1S/C15H28O/c1-7-14(5)9-12(11(3)4)10-15(6,8-2)13(14)16/h11-12H,7-10H2,1-6H3. The van der Waals surface area contributed by atoms with Gasteiger partial charge in [0.2, 0.25) is 0 Å². The zero-order chi connectivity index (χ0) is 12.6. The van der Waals surface area contributed by atoms with Crippen molar-refractivity contribution in [2.45, 2.75) is 67.2 Å². The monoisotopic (exact) mass is 224 g/mol. The largest absolute Gasteiger partial charge is 0.298 e. The average molecular weight is 224 g/mol. The van der Waals surface area contributed by atoms with Gasteiger partial charge in [-0.15, -0.1) is 0 Å². The fourth-order valence-corrected chi connectivity index (χ4v) is 3.22. The van der Waals surface area contributed by atoms with Crippen LogP contribution < -0.4 is 0 Å². The SMILES string of the molecule is CCC1(C)CC(C(C)C)CC(C)(CC)C1=O. The van der Waals surface area contributed by atoms with Gasteiger partial charge in [-0.1, -0.05) is 41.5 Å². The Morgan fingerprint density at radius 3 is 1.75 bits per heavy atom. The molecule has 94 valence electrons. The van der Waals surface area contributed by atoms with Crippen LogP contribution in [0.3, 0.4) is 0 Å². The maximum Gasteiger partial charge on any atom is 0.144 e. The van der Waals surface area contributed by atoms with Crippen LogP contribution in [0.15, 0.2) is 0 Å². The molecule has 0 bridgehead atoms. The molecule has 1 heteroatoms. The molecule has 0 amide bonds. The number of hydrogen-bond donors (Lipinski definition) is 0. The molecule has 1 fully saturated rings. The maximum absolute atomic E-state index is 12.6. The van der Waals surface area contributed by atoms with Crippen molar-refractivity contribution in [3.05, 3.63) is 0 Å². The van der Waals surface area contributed by atoms with Crippen molar-refractivity contribution in [3.63, 3.8) is 0 Å². The molecule has 1 aliphatic carbocycles. The Morgan fingerprint density at radius 1 is 1.12 bits per heavy atom. The number of rotatable bonds is 3. The van der Waals surface area contributed by atoms with E-state index in [1.807, 2.05) is 0 Å². The van der Waals surface area contributed by atoms with E-state index in [-0.39, 0.29) is 10.8 Å². The molecule has 0 aromatic rings. The number of carbonyl (C=O) groups excluding carboxylic acids is 1. The van der Waals surface area contributed by atoms with E-state index in [4.69, 9.17) is 0 Å². The topological polar surface area (TPSA) is 17.1 Å². The second-order valence-electron chi connectivity index (χ2n) is 6.57. The molecule has 2 unspecified atom stereocenters. The molecule has 2 atom stereocenters. The minimum Gasteiger partial charge on any atom is -0.298 e. The highest BCUT2D eigenvalue weighted by Crippen LogP contribution is 2.50. The summed E-state index contributed by atoms with van der Waals surface area (Å²) in [5, 5.41) is 0. The van der Waals surface area contributed by atoms with Gasteiger partial charge < -0.3 is 0 Å². The molecule has 1 rings (SSSR count). The molecule has 0 radical (unpaired) electrons. The fourth-order valence-electron chi connectivity index (χ4n) is 3.22. The van der Waals surface area contributed by atoms with Gasteiger partial charge >= 0.3 is 0 Å². The Balaban J connectivity index is 3.03. The molecule has 0 aromatic heterocycles. The lowest BCUT2D eigenvalue weighted by Crippen LogP contribution is -2.47. The van der Waals surface area contributed by atoms with Gasteiger partial charge in [0, 0.05) is 10.8 Å². The Hall–Kier alpha value is -0.330. The molecular formula is C15H28O. The molecule has 1 nitrogen and oxygen atoms in total. The quantitative estimate of drug-likeness (QED) is 0.692. The van der Waals surface area contributed by atoms with Crippen LogP contribution in [0, 0.1) is 22.7 Å². The molecular weight excluding hydrogens is 196 g/mol. The van der Waals surface area contributed by atoms with Gasteiger partial charge in [0.1, 0.15) is 5.78 Å². The Bertz CT molecular complexity index is 247. The van der Waals surface area contributed by atoms with Crippen LogP contribution in [-0.2, 0) is 4.79 Å². The lowest BCUT2D eigenvalue weighted by molar-refractivity contribution is -0.146. The minimum absolute atomic E-state index is 0.0715. The normalized spacial score (nSPS) is 40.4. The first-order valence-electron chi connectivity index (χ1n) is 6.84. The summed E-state index contributed by atoms with van der Waals surface area (Å²) >= 11 is 0. The van der Waals surface area contributed by atoms with Gasteiger partial charge in [-0.2, -0.15) is 0 Å². The van der Waals surface area contributed by atoms with Crippen LogP contribution in [-0.4, -0.2) is 5.78 Å². The first-order chi connectivity index (χ1) is 7.29. The summed E-state index contributed by atoms with van der Waals surface area (Å²) in [7, 11) is 0. The zero-order valence-electron chi connectivity index (χ0n) is 11.9. The maximum atomic E-state index is 12.6. The van der Waals surface area contributed by atoms with Crippen LogP contribution in [0.1, 0.15) is 67.2 Å². The zero-order valence-corrected chi connectivity index (χ0v) is 11.9. The summed E-state index contributed by atoms with van der Waals surface area (Å²) in [5.41, 5.74) is -0.143. The molecule has 0 N–H and O–H groups in total. The third-order valence-corrected chi connectivity index (χ3v) is 5.03. The van der Waals surface area contributed by atoms with Crippen molar-refractivity contribution < 1.29 is 4.79 Å². The molecule has 0 heterocycles.